The van der Waals surface area contributed by atoms with Crippen LogP contribution in [-0.4, -0.2) is 55.7 Å². The minimum Gasteiger partial charge on any atom is -0.406 e. The monoisotopic (exact) mass is 439 g/mol. The second kappa shape index (κ2) is 9.34. The average Bonchev–Trinajstić information content (AvgIpc) is 2.69. The maximum atomic E-state index is 14.3. The molecular weight excluding hydrogens is 418 g/mol. The van der Waals surface area contributed by atoms with E-state index in [0.717, 1.165) is 12.1 Å². The first kappa shape index (κ1) is 22.5. The summed E-state index contributed by atoms with van der Waals surface area (Å²) in [5, 5.41) is 2.63. The number of ketones is 1. The van der Waals surface area contributed by atoms with Crippen LogP contribution in [0.2, 0.25) is 0 Å². The van der Waals surface area contributed by atoms with Gasteiger partial charge in [0.05, 0.1) is 12.2 Å². The molecule has 0 saturated carbocycles. The minimum absolute atomic E-state index is 0.0976. The van der Waals surface area contributed by atoms with Crippen LogP contribution in [0.15, 0.2) is 42.5 Å². The molecule has 1 N–H and O–H groups in total. The van der Waals surface area contributed by atoms with Crippen LogP contribution in [0.25, 0.3) is 0 Å². The number of rotatable bonds is 6. The van der Waals surface area contributed by atoms with Gasteiger partial charge in [-0.3, -0.25) is 14.5 Å². The number of carbonyl (C=O) groups excluding carboxylic acids is 2. The number of amides is 1. The molecule has 0 aliphatic carbocycles. The van der Waals surface area contributed by atoms with Gasteiger partial charge in [-0.2, -0.15) is 0 Å². The van der Waals surface area contributed by atoms with Crippen LogP contribution in [0, 0.1) is 5.82 Å². The van der Waals surface area contributed by atoms with Crippen molar-refractivity contribution in [3.05, 3.63) is 53.8 Å². The first-order valence-electron chi connectivity index (χ1n) is 9.54. The fourth-order valence-corrected chi connectivity index (χ4v) is 3.27. The van der Waals surface area contributed by atoms with Gasteiger partial charge in [-0.1, -0.05) is 0 Å². The van der Waals surface area contributed by atoms with Crippen molar-refractivity contribution >= 4 is 23.1 Å². The van der Waals surface area contributed by atoms with Gasteiger partial charge in [0.15, 0.2) is 5.78 Å². The van der Waals surface area contributed by atoms with Crippen LogP contribution < -0.4 is 15.0 Å². The van der Waals surface area contributed by atoms with E-state index in [2.05, 4.69) is 10.1 Å². The van der Waals surface area contributed by atoms with Gasteiger partial charge >= 0.3 is 6.36 Å². The molecule has 0 aromatic heterocycles. The Morgan fingerprint density at radius 3 is 2.23 bits per heavy atom. The second-order valence-electron chi connectivity index (χ2n) is 7.11. The standard InChI is InChI=1S/C21H21F4N3O3/c1-14(29)15-2-7-19(18(22)12-15)28-10-8-27(9-11-28)13-20(30)26-16-3-5-17(6-4-16)31-21(23,24)25/h2-7,12H,8-11,13H2,1H3,(H,26,30). The number of alkyl halides is 3. The second-order valence-corrected chi connectivity index (χ2v) is 7.11. The normalized spacial score (nSPS) is 14.9. The summed E-state index contributed by atoms with van der Waals surface area (Å²) in [6.45, 7) is 3.54. The van der Waals surface area contributed by atoms with E-state index in [-0.39, 0.29) is 24.0 Å². The highest BCUT2D eigenvalue weighted by Crippen LogP contribution is 2.24. The summed E-state index contributed by atoms with van der Waals surface area (Å²) in [4.78, 5) is 27.3. The molecule has 0 radical (unpaired) electrons. The molecule has 1 amide bonds. The molecule has 2 aromatic rings. The Balaban J connectivity index is 1.48. The lowest BCUT2D eigenvalue weighted by Gasteiger charge is -2.35. The number of ether oxygens (including phenoxy) is 1. The minimum atomic E-state index is -4.77. The predicted octanol–water partition coefficient (Wildman–Crippen LogP) is 3.69. The average molecular weight is 439 g/mol. The smallest absolute Gasteiger partial charge is 0.406 e. The molecule has 3 rings (SSSR count). The number of halogens is 4. The largest absolute Gasteiger partial charge is 0.573 e. The van der Waals surface area contributed by atoms with Gasteiger partial charge in [0, 0.05) is 37.4 Å². The molecule has 0 atom stereocenters. The van der Waals surface area contributed by atoms with Gasteiger partial charge in [-0.05, 0) is 49.4 Å². The predicted molar refractivity (Wildman–Crippen MR) is 107 cm³/mol. The lowest BCUT2D eigenvalue weighted by Crippen LogP contribution is -2.48. The Morgan fingerprint density at radius 1 is 1.03 bits per heavy atom. The summed E-state index contributed by atoms with van der Waals surface area (Å²) >= 11 is 0. The molecule has 0 spiro atoms. The van der Waals surface area contributed by atoms with Crippen molar-refractivity contribution in [2.75, 3.05) is 42.9 Å². The topological polar surface area (TPSA) is 61.9 Å². The van der Waals surface area contributed by atoms with Gasteiger partial charge in [0.2, 0.25) is 5.91 Å². The number of hydrogen-bond acceptors (Lipinski definition) is 5. The van der Waals surface area contributed by atoms with E-state index in [1.165, 1.54) is 25.1 Å². The first-order chi connectivity index (χ1) is 14.6. The Morgan fingerprint density at radius 2 is 1.68 bits per heavy atom. The summed E-state index contributed by atoms with van der Waals surface area (Å²) in [6.07, 6.45) is -4.77. The summed E-state index contributed by atoms with van der Waals surface area (Å²) in [5.74, 6) is -1.35. The van der Waals surface area contributed by atoms with E-state index in [9.17, 15) is 27.2 Å². The number of carbonyl (C=O) groups is 2. The van der Waals surface area contributed by atoms with Gasteiger partial charge in [0.1, 0.15) is 11.6 Å². The zero-order chi connectivity index (χ0) is 22.6. The third kappa shape index (κ3) is 6.42. The van der Waals surface area contributed by atoms with E-state index < -0.39 is 12.2 Å². The molecule has 1 saturated heterocycles. The number of anilines is 2. The molecule has 166 valence electrons. The van der Waals surface area contributed by atoms with E-state index in [1.807, 2.05) is 9.80 Å². The molecule has 10 heteroatoms. The molecule has 31 heavy (non-hydrogen) atoms. The van der Waals surface area contributed by atoms with E-state index in [0.29, 0.717) is 43.1 Å². The van der Waals surface area contributed by atoms with E-state index >= 15 is 0 Å². The summed E-state index contributed by atoms with van der Waals surface area (Å²) in [5.41, 5.74) is 1.08. The van der Waals surface area contributed by atoms with Gasteiger partial charge in [-0.25, -0.2) is 4.39 Å². The Kier molecular flexibility index (Phi) is 6.79. The molecule has 0 bridgehead atoms. The van der Waals surface area contributed by atoms with Crippen molar-refractivity contribution in [1.82, 2.24) is 4.90 Å². The molecule has 6 nitrogen and oxygen atoms in total. The van der Waals surface area contributed by atoms with Crippen LogP contribution in [0.1, 0.15) is 17.3 Å². The Labute approximate surface area is 176 Å². The van der Waals surface area contributed by atoms with Crippen LogP contribution in [0.5, 0.6) is 5.75 Å². The number of hydrogen-bond donors (Lipinski definition) is 1. The maximum absolute atomic E-state index is 14.3. The van der Waals surface area contributed by atoms with Crippen molar-refractivity contribution in [3.63, 3.8) is 0 Å². The Bertz CT molecular complexity index is 940. The van der Waals surface area contributed by atoms with Gasteiger partial charge in [0.25, 0.3) is 0 Å². The maximum Gasteiger partial charge on any atom is 0.573 e. The molecular formula is C21H21F4N3O3. The lowest BCUT2D eigenvalue weighted by molar-refractivity contribution is -0.274. The summed E-state index contributed by atoms with van der Waals surface area (Å²) in [6, 6.07) is 9.28. The van der Waals surface area contributed by atoms with Crippen molar-refractivity contribution in [2.45, 2.75) is 13.3 Å². The highest BCUT2D eigenvalue weighted by Gasteiger charge is 2.31. The van der Waals surface area contributed by atoms with Crippen LogP contribution in [0.4, 0.5) is 28.9 Å². The van der Waals surface area contributed by atoms with Crippen molar-refractivity contribution in [1.29, 1.82) is 0 Å². The highest BCUT2D eigenvalue weighted by atomic mass is 19.4. The molecule has 1 aliphatic heterocycles. The third-order valence-electron chi connectivity index (χ3n) is 4.81. The summed E-state index contributed by atoms with van der Waals surface area (Å²) < 4.78 is 54.7. The van der Waals surface area contributed by atoms with Crippen LogP contribution in [0.3, 0.4) is 0 Å². The highest BCUT2D eigenvalue weighted by molar-refractivity contribution is 5.94. The number of nitrogens with one attached hydrogen (secondary N) is 1. The van der Waals surface area contributed by atoms with Crippen molar-refractivity contribution in [2.24, 2.45) is 0 Å². The quantitative estimate of drug-likeness (QED) is 0.550. The van der Waals surface area contributed by atoms with E-state index in [1.54, 1.807) is 12.1 Å². The summed E-state index contributed by atoms with van der Waals surface area (Å²) in [7, 11) is 0. The SMILES string of the molecule is CC(=O)c1ccc(N2CCN(CC(=O)Nc3ccc(OC(F)(F)F)cc3)CC2)c(F)c1. The molecule has 2 aromatic carbocycles. The first-order valence-corrected chi connectivity index (χ1v) is 9.54. The number of benzene rings is 2. The fourth-order valence-electron chi connectivity index (χ4n) is 3.27. The van der Waals surface area contributed by atoms with Crippen molar-refractivity contribution in [3.8, 4) is 5.75 Å². The van der Waals surface area contributed by atoms with Gasteiger partial charge in [-0.15, -0.1) is 13.2 Å². The zero-order valence-corrected chi connectivity index (χ0v) is 16.7. The van der Waals surface area contributed by atoms with Crippen molar-refractivity contribution < 1.29 is 31.9 Å². The third-order valence-corrected chi connectivity index (χ3v) is 4.81. The Hall–Kier alpha value is -3.14. The lowest BCUT2D eigenvalue weighted by atomic mass is 10.1. The van der Waals surface area contributed by atoms with Crippen LogP contribution in [-0.2, 0) is 4.79 Å². The molecule has 1 heterocycles. The number of nitrogens with zero attached hydrogens (tertiary/aromatic N) is 2. The number of piperazine rings is 1. The number of Topliss-reactive ketones (excluding diaryl/α,β-unsaturated/α-hetero) is 1. The molecule has 0 unspecified atom stereocenters. The van der Waals surface area contributed by atoms with E-state index in [4.69, 9.17) is 0 Å². The van der Waals surface area contributed by atoms with Gasteiger partial charge < -0.3 is 15.0 Å². The van der Waals surface area contributed by atoms with Crippen LogP contribution >= 0.6 is 0 Å². The zero-order valence-electron chi connectivity index (χ0n) is 16.7. The molecule has 1 fully saturated rings. The molecule has 1 aliphatic rings. The fraction of sp³-hybridized carbons (Fsp3) is 0.333.